The maximum absolute atomic E-state index is 12.4. The molecule has 2 rings (SSSR count). The molecular weight excluding hydrogens is 371 g/mol. The van der Waals surface area contributed by atoms with E-state index in [2.05, 4.69) is 5.32 Å². The minimum absolute atomic E-state index is 0.0632. The molecule has 2 aromatic carbocycles. The van der Waals surface area contributed by atoms with E-state index in [1.54, 1.807) is 29.2 Å². The summed E-state index contributed by atoms with van der Waals surface area (Å²) >= 11 is 11.8. The summed E-state index contributed by atoms with van der Waals surface area (Å²) in [6.07, 6.45) is 0.972. The van der Waals surface area contributed by atoms with Crippen molar-refractivity contribution in [3.05, 3.63) is 69.7 Å². The SMILES string of the molecule is CCN(Cc1cccc(Cl)c1)C(=O)CCCNC(=O)c1ccc(Cl)cc1. The zero-order valence-electron chi connectivity index (χ0n) is 14.7. The average molecular weight is 393 g/mol. The zero-order valence-corrected chi connectivity index (χ0v) is 16.2. The second kappa shape index (κ2) is 10.2. The fraction of sp³-hybridized carbons (Fsp3) is 0.300. The minimum atomic E-state index is -0.166. The molecule has 6 heteroatoms. The summed E-state index contributed by atoms with van der Waals surface area (Å²) in [7, 11) is 0. The molecular formula is C20H22Cl2N2O2. The molecule has 0 spiro atoms. The van der Waals surface area contributed by atoms with Gasteiger partial charge in [0.25, 0.3) is 5.91 Å². The summed E-state index contributed by atoms with van der Waals surface area (Å²) < 4.78 is 0. The Hall–Kier alpha value is -2.04. The molecule has 0 aliphatic rings. The molecule has 0 radical (unpaired) electrons. The van der Waals surface area contributed by atoms with Crippen molar-refractivity contribution >= 4 is 35.0 Å². The van der Waals surface area contributed by atoms with Gasteiger partial charge in [-0.2, -0.15) is 0 Å². The van der Waals surface area contributed by atoms with Gasteiger partial charge in [0.05, 0.1) is 0 Å². The molecule has 0 fully saturated rings. The lowest BCUT2D eigenvalue weighted by molar-refractivity contribution is -0.131. The molecule has 2 aromatic rings. The standard InChI is InChI=1S/C20H22Cl2N2O2/c1-2-24(14-15-5-3-6-18(22)13-15)19(25)7-4-12-23-20(26)16-8-10-17(21)11-9-16/h3,5-6,8-11,13H,2,4,7,12,14H2,1H3,(H,23,26). The second-order valence-corrected chi connectivity index (χ2v) is 6.78. The van der Waals surface area contributed by atoms with Gasteiger partial charge >= 0.3 is 0 Å². The van der Waals surface area contributed by atoms with Crippen molar-refractivity contribution in [3.8, 4) is 0 Å². The molecule has 0 atom stereocenters. The fourth-order valence-corrected chi connectivity index (χ4v) is 2.87. The maximum Gasteiger partial charge on any atom is 0.251 e. The van der Waals surface area contributed by atoms with Gasteiger partial charge in [-0.05, 0) is 55.3 Å². The van der Waals surface area contributed by atoms with Gasteiger partial charge in [-0.1, -0.05) is 35.3 Å². The van der Waals surface area contributed by atoms with Gasteiger partial charge < -0.3 is 10.2 Å². The lowest BCUT2D eigenvalue weighted by Crippen LogP contribution is -2.31. The normalized spacial score (nSPS) is 10.4. The van der Waals surface area contributed by atoms with E-state index < -0.39 is 0 Å². The van der Waals surface area contributed by atoms with E-state index >= 15 is 0 Å². The van der Waals surface area contributed by atoms with Gasteiger partial charge in [-0.3, -0.25) is 9.59 Å². The molecule has 0 aromatic heterocycles. The van der Waals surface area contributed by atoms with Crippen LogP contribution in [0.1, 0.15) is 35.7 Å². The third kappa shape index (κ3) is 6.36. The number of amides is 2. The van der Waals surface area contributed by atoms with Crippen molar-refractivity contribution < 1.29 is 9.59 Å². The van der Waals surface area contributed by atoms with Gasteiger partial charge in [0, 0.05) is 41.7 Å². The summed E-state index contributed by atoms with van der Waals surface area (Å²) in [4.78, 5) is 26.2. The third-order valence-electron chi connectivity index (χ3n) is 3.96. The van der Waals surface area contributed by atoms with Gasteiger partial charge in [0.15, 0.2) is 0 Å². The summed E-state index contributed by atoms with van der Waals surface area (Å²) in [5, 5.41) is 4.07. The van der Waals surface area contributed by atoms with Crippen LogP contribution in [0.4, 0.5) is 0 Å². The van der Waals surface area contributed by atoms with E-state index in [0.29, 0.717) is 48.1 Å². The van der Waals surface area contributed by atoms with Crippen molar-refractivity contribution in [1.29, 1.82) is 0 Å². The maximum atomic E-state index is 12.4. The average Bonchev–Trinajstić information content (AvgIpc) is 2.63. The van der Waals surface area contributed by atoms with E-state index in [9.17, 15) is 9.59 Å². The van der Waals surface area contributed by atoms with Crippen LogP contribution in [0.2, 0.25) is 10.0 Å². The van der Waals surface area contributed by atoms with E-state index in [-0.39, 0.29) is 11.8 Å². The Kier molecular flexibility index (Phi) is 7.95. The van der Waals surface area contributed by atoms with E-state index in [1.807, 2.05) is 31.2 Å². The summed E-state index contributed by atoms with van der Waals surface area (Å²) in [5.74, 6) is -0.103. The number of benzene rings is 2. The first-order valence-corrected chi connectivity index (χ1v) is 9.31. The van der Waals surface area contributed by atoms with E-state index in [1.165, 1.54) is 0 Å². The number of carbonyl (C=O) groups is 2. The number of halogens is 2. The van der Waals surface area contributed by atoms with Gasteiger partial charge in [-0.15, -0.1) is 0 Å². The minimum Gasteiger partial charge on any atom is -0.352 e. The van der Waals surface area contributed by atoms with Gasteiger partial charge in [-0.25, -0.2) is 0 Å². The topological polar surface area (TPSA) is 49.4 Å². The molecule has 138 valence electrons. The largest absolute Gasteiger partial charge is 0.352 e. The van der Waals surface area contributed by atoms with Crippen LogP contribution < -0.4 is 5.32 Å². The van der Waals surface area contributed by atoms with Crippen LogP contribution in [0, 0.1) is 0 Å². The molecule has 1 N–H and O–H groups in total. The number of nitrogens with zero attached hydrogens (tertiary/aromatic N) is 1. The molecule has 0 aliphatic carbocycles. The Labute approximate surface area is 164 Å². The Morgan fingerprint density at radius 1 is 1.04 bits per heavy atom. The highest BCUT2D eigenvalue weighted by atomic mass is 35.5. The number of rotatable bonds is 8. The fourth-order valence-electron chi connectivity index (χ4n) is 2.54. The third-order valence-corrected chi connectivity index (χ3v) is 4.44. The molecule has 0 unspecified atom stereocenters. The molecule has 0 saturated heterocycles. The van der Waals surface area contributed by atoms with Crippen LogP contribution >= 0.6 is 23.2 Å². The second-order valence-electron chi connectivity index (χ2n) is 5.90. The molecule has 0 aliphatic heterocycles. The quantitative estimate of drug-likeness (QED) is 0.669. The van der Waals surface area contributed by atoms with Crippen molar-refractivity contribution in [2.24, 2.45) is 0 Å². The predicted molar refractivity (Wildman–Crippen MR) is 106 cm³/mol. The van der Waals surface area contributed by atoms with Crippen LogP contribution in [0.15, 0.2) is 48.5 Å². The van der Waals surface area contributed by atoms with Crippen molar-refractivity contribution in [2.45, 2.75) is 26.3 Å². The molecule has 26 heavy (non-hydrogen) atoms. The van der Waals surface area contributed by atoms with Crippen LogP contribution in [0.25, 0.3) is 0 Å². The Bertz CT molecular complexity index is 748. The highest BCUT2D eigenvalue weighted by Crippen LogP contribution is 2.13. The van der Waals surface area contributed by atoms with Crippen molar-refractivity contribution in [1.82, 2.24) is 10.2 Å². The zero-order chi connectivity index (χ0) is 18.9. The Morgan fingerprint density at radius 2 is 1.77 bits per heavy atom. The first kappa shape index (κ1) is 20.3. The van der Waals surface area contributed by atoms with Crippen molar-refractivity contribution in [2.75, 3.05) is 13.1 Å². The smallest absolute Gasteiger partial charge is 0.251 e. The summed E-state index contributed by atoms with van der Waals surface area (Å²) in [6, 6.07) is 14.2. The monoisotopic (exact) mass is 392 g/mol. The summed E-state index contributed by atoms with van der Waals surface area (Å²) in [5.41, 5.74) is 1.56. The Balaban J connectivity index is 1.76. The summed E-state index contributed by atoms with van der Waals surface area (Å²) in [6.45, 7) is 3.56. The molecule has 2 amide bonds. The van der Waals surface area contributed by atoms with E-state index in [4.69, 9.17) is 23.2 Å². The highest BCUT2D eigenvalue weighted by Gasteiger charge is 2.12. The highest BCUT2D eigenvalue weighted by molar-refractivity contribution is 6.30. The van der Waals surface area contributed by atoms with Gasteiger partial charge in [0.1, 0.15) is 0 Å². The number of nitrogens with one attached hydrogen (secondary N) is 1. The van der Waals surface area contributed by atoms with E-state index in [0.717, 1.165) is 5.56 Å². The lowest BCUT2D eigenvalue weighted by atomic mass is 10.2. The van der Waals surface area contributed by atoms with Crippen molar-refractivity contribution in [3.63, 3.8) is 0 Å². The predicted octanol–water partition coefficient (Wildman–Crippen LogP) is 4.55. The van der Waals surface area contributed by atoms with Crippen LogP contribution in [-0.2, 0) is 11.3 Å². The molecule has 4 nitrogen and oxygen atoms in total. The molecule has 0 heterocycles. The first-order valence-electron chi connectivity index (χ1n) is 8.55. The van der Waals surface area contributed by atoms with Crippen LogP contribution in [0.3, 0.4) is 0 Å². The van der Waals surface area contributed by atoms with Gasteiger partial charge in [0.2, 0.25) is 5.91 Å². The number of carbonyl (C=O) groups excluding carboxylic acids is 2. The van der Waals surface area contributed by atoms with Crippen LogP contribution in [-0.4, -0.2) is 29.8 Å². The molecule has 0 saturated carbocycles. The number of hydrogen-bond donors (Lipinski definition) is 1. The lowest BCUT2D eigenvalue weighted by Gasteiger charge is -2.21. The molecule has 0 bridgehead atoms. The Morgan fingerprint density at radius 3 is 2.42 bits per heavy atom. The number of hydrogen-bond acceptors (Lipinski definition) is 2. The van der Waals surface area contributed by atoms with Crippen LogP contribution in [0.5, 0.6) is 0 Å². The first-order chi connectivity index (χ1) is 12.5.